The zero-order chi connectivity index (χ0) is 15.6. The van der Waals surface area contributed by atoms with Crippen molar-refractivity contribution in [2.45, 2.75) is 38.1 Å². The number of rotatable bonds is 5. The van der Waals surface area contributed by atoms with Gasteiger partial charge in [-0.3, -0.25) is 11.3 Å². The lowest BCUT2D eigenvalue weighted by Gasteiger charge is -2.35. The Balaban J connectivity index is 3.31. The van der Waals surface area contributed by atoms with Gasteiger partial charge in [0.2, 0.25) is 0 Å². The molecule has 0 saturated carbocycles. The minimum atomic E-state index is -4.76. The molecule has 0 amide bonds. The lowest BCUT2D eigenvalue weighted by Crippen LogP contribution is -2.45. The summed E-state index contributed by atoms with van der Waals surface area (Å²) in [6.07, 6.45) is -4.24. The van der Waals surface area contributed by atoms with Gasteiger partial charge in [-0.05, 0) is 31.0 Å². The first kappa shape index (κ1) is 16.9. The molecule has 0 radical (unpaired) electrons. The maximum atomic E-state index is 13.3. The van der Waals surface area contributed by atoms with Gasteiger partial charge in [-0.15, -0.1) is 0 Å². The number of nitrogens with two attached hydrogens (primary N) is 1. The Labute approximate surface area is 115 Å². The van der Waals surface area contributed by atoms with E-state index in [2.05, 4.69) is 5.43 Å². The maximum Gasteiger partial charge on any atom is 0.419 e. The van der Waals surface area contributed by atoms with Crippen LogP contribution in [0.3, 0.4) is 0 Å². The van der Waals surface area contributed by atoms with Crippen LogP contribution >= 0.6 is 0 Å². The van der Waals surface area contributed by atoms with Crippen molar-refractivity contribution in [3.05, 3.63) is 35.1 Å². The van der Waals surface area contributed by atoms with Gasteiger partial charge in [-0.1, -0.05) is 13.0 Å². The van der Waals surface area contributed by atoms with Gasteiger partial charge in [0.05, 0.1) is 17.2 Å². The fraction of sp³-hybridized carbons (Fsp3) is 0.538. The maximum absolute atomic E-state index is 13.3. The topological polar surface area (TPSA) is 47.3 Å². The van der Waals surface area contributed by atoms with E-state index >= 15 is 0 Å². The predicted molar refractivity (Wildman–Crippen MR) is 67.2 cm³/mol. The van der Waals surface area contributed by atoms with Crippen LogP contribution in [0.4, 0.5) is 17.6 Å². The molecule has 0 bridgehead atoms. The van der Waals surface area contributed by atoms with Gasteiger partial charge in [0.15, 0.2) is 0 Å². The van der Waals surface area contributed by atoms with Gasteiger partial charge in [-0.2, -0.15) is 13.2 Å². The highest BCUT2D eigenvalue weighted by Crippen LogP contribution is 2.36. The molecule has 2 unspecified atom stereocenters. The van der Waals surface area contributed by atoms with E-state index in [1.54, 1.807) is 6.92 Å². The van der Waals surface area contributed by atoms with E-state index in [0.29, 0.717) is 6.42 Å². The van der Waals surface area contributed by atoms with Crippen molar-refractivity contribution >= 4 is 0 Å². The van der Waals surface area contributed by atoms with Crippen molar-refractivity contribution < 1.29 is 22.3 Å². The fourth-order valence-electron chi connectivity index (χ4n) is 2.03. The smallest absolute Gasteiger partial charge is 0.376 e. The summed E-state index contributed by atoms with van der Waals surface area (Å²) < 4.78 is 56.8. The van der Waals surface area contributed by atoms with Crippen LogP contribution in [0.2, 0.25) is 0 Å². The molecule has 2 atom stereocenters. The zero-order valence-electron chi connectivity index (χ0n) is 11.5. The molecule has 0 aromatic heterocycles. The molecule has 0 fully saturated rings. The number of methoxy groups -OCH3 is 1. The van der Waals surface area contributed by atoms with Crippen molar-refractivity contribution in [1.82, 2.24) is 5.43 Å². The quantitative estimate of drug-likeness (QED) is 0.498. The summed E-state index contributed by atoms with van der Waals surface area (Å²) >= 11 is 0. The lowest BCUT2D eigenvalue weighted by atomic mass is 9.87. The van der Waals surface area contributed by atoms with E-state index in [0.717, 1.165) is 12.1 Å². The molecule has 0 saturated heterocycles. The van der Waals surface area contributed by atoms with Gasteiger partial charge < -0.3 is 4.74 Å². The summed E-state index contributed by atoms with van der Waals surface area (Å²) in [7, 11) is 1.45. The summed E-state index contributed by atoms with van der Waals surface area (Å²) in [5.41, 5.74) is 0.534. The number of halogens is 4. The average molecular weight is 294 g/mol. The highest BCUT2D eigenvalue weighted by molar-refractivity contribution is 5.31. The molecular weight excluding hydrogens is 276 g/mol. The van der Waals surface area contributed by atoms with Crippen molar-refractivity contribution in [3.8, 4) is 0 Å². The summed E-state index contributed by atoms with van der Waals surface area (Å²) in [6.45, 7) is 3.54. The highest BCUT2D eigenvalue weighted by Gasteiger charge is 2.38. The molecular formula is C13H18F4N2O. The summed E-state index contributed by atoms with van der Waals surface area (Å²) in [5.74, 6) is 4.12. The monoisotopic (exact) mass is 294 g/mol. The molecule has 0 spiro atoms. The van der Waals surface area contributed by atoms with Crippen LogP contribution in [0.5, 0.6) is 0 Å². The molecule has 1 aromatic carbocycles. The first-order chi connectivity index (χ1) is 9.19. The van der Waals surface area contributed by atoms with Gasteiger partial charge in [0, 0.05) is 7.11 Å². The van der Waals surface area contributed by atoms with E-state index < -0.39 is 29.2 Å². The van der Waals surface area contributed by atoms with Gasteiger partial charge in [-0.25, -0.2) is 4.39 Å². The summed E-state index contributed by atoms with van der Waals surface area (Å²) in [5, 5.41) is 0. The molecule has 0 aliphatic carbocycles. The zero-order valence-corrected chi connectivity index (χ0v) is 11.5. The third-order valence-corrected chi connectivity index (χ3v) is 3.57. The van der Waals surface area contributed by atoms with Crippen LogP contribution < -0.4 is 11.3 Å². The number of alkyl halides is 3. The number of benzene rings is 1. The van der Waals surface area contributed by atoms with E-state index in [1.807, 2.05) is 6.92 Å². The molecule has 1 aromatic rings. The Morgan fingerprint density at radius 2 is 1.95 bits per heavy atom. The molecule has 114 valence electrons. The predicted octanol–water partition coefficient (Wildman–Crippen LogP) is 3.16. The van der Waals surface area contributed by atoms with Crippen LogP contribution in [0.1, 0.15) is 37.4 Å². The molecule has 0 heterocycles. The second-order valence-electron chi connectivity index (χ2n) is 4.71. The van der Waals surface area contributed by atoms with Crippen LogP contribution in [-0.4, -0.2) is 12.7 Å². The van der Waals surface area contributed by atoms with Crippen molar-refractivity contribution in [3.63, 3.8) is 0 Å². The number of hydrazine groups is 1. The first-order valence-electron chi connectivity index (χ1n) is 6.07. The second-order valence-corrected chi connectivity index (χ2v) is 4.71. The Kier molecular flexibility index (Phi) is 5.12. The minimum absolute atomic E-state index is 0.215. The van der Waals surface area contributed by atoms with E-state index in [9.17, 15) is 17.6 Å². The van der Waals surface area contributed by atoms with Crippen LogP contribution in [-0.2, 0) is 10.9 Å². The number of nitrogens with one attached hydrogen (secondary N) is 1. The van der Waals surface area contributed by atoms with E-state index in [1.165, 1.54) is 13.2 Å². The third-order valence-electron chi connectivity index (χ3n) is 3.57. The first-order valence-corrected chi connectivity index (χ1v) is 6.07. The standard InChI is InChI=1S/C13H18F4N2O/c1-4-12(2,20-3)11(19-18)8-5-6-10(14)9(7-8)13(15,16)17/h5-7,11,19H,4,18H2,1-3H3. The van der Waals surface area contributed by atoms with Crippen LogP contribution in [0.15, 0.2) is 18.2 Å². The molecule has 3 N–H and O–H groups in total. The number of ether oxygens (including phenoxy) is 1. The second kappa shape index (κ2) is 6.07. The summed E-state index contributed by atoms with van der Waals surface area (Å²) in [6, 6.07) is 2.11. The van der Waals surface area contributed by atoms with Crippen molar-refractivity contribution in [2.24, 2.45) is 5.84 Å². The van der Waals surface area contributed by atoms with Gasteiger partial charge >= 0.3 is 6.18 Å². The van der Waals surface area contributed by atoms with Crippen LogP contribution in [0.25, 0.3) is 0 Å². The Bertz CT molecular complexity index is 458. The molecule has 3 nitrogen and oxygen atoms in total. The molecule has 20 heavy (non-hydrogen) atoms. The summed E-state index contributed by atoms with van der Waals surface area (Å²) in [4.78, 5) is 0. The van der Waals surface area contributed by atoms with Crippen molar-refractivity contribution in [1.29, 1.82) is 0 Å². The largest absolute Gasteiger partial charge is 0.419 e. The van der Waals surface area contributed by atoms with E-state index in [-0.39, 0.29) is 5.56 Å². The minimum Gasteiger partial charge on any atom is -0.376 e. The molecule has 1 rings (SSSR count). The highest BCUT2D eigenvalue weighted by atomic mass is 19.4. The Morgan fingerprint density at radius 3 is 2.35 bits per heavy atom. The average Bonchev–Trinajstić information content (AvgIpc) is 2.39. The third kappa shape index (κ3) is 3.28. The van der Waals surface area contributed by atoms with Crippen LogP contribution in [0, 0.1) is 5.82 Å². The normalized spacial score (nSPS) is 16.8. The van der Waals surface area contributed by atoms with Gasteiger partial charge in [0.1, 0.15) is 5.82 Å². The lowest BCUT2D eigenvalue weighted by molar-refractivity contribution is -0.140. The molecule has 0 aliphatic heterocycles. The number of hydrogen-bond acceptors (Lipinski definition) is 3. The SMILES string of the molecule is CCC(C)(OC)C(NN)c1ccc(F)c(C(F)(F)F)c1. The van der Waals surface area contributed by atoms with E-state index in [4.69, 9.17) is 10.6 Å². The molecule has 7 heteroatoms. The Morgan fingerprint density at radius 1 is 1.35 bits per heavy atom. The van der Waals surface area contributed by atoms with Crippen molar-refractivity contribution in [2.75, 3.05) is 7.11 Å². The fourth-order valence-corrected chi connectivity index (χ4v) is 2.03. The Hall–Kier alpha value is -1.18. The number of hydrogen-bond donors (Lipinski definition) is 2. The molecule has 0 aliphatic rings. The van der Waals surface area contributed by atoms with Gasteiger partial charge in [0.25, 0.3) is 0 Å².